The zero-order valence-corrected chi connectivity index (χ0v) is 10.2. The first kappa shape index (κ1) is 11.4. The van der Waals surface area contributed by atoms with Gasteiger partial charge in [-0.15, -0.1) is 0 Å². The van der Waals surface area contributed by atoms with Gasteiger partial charge in [0.2, 0.25) is 5.82 Å². The lowest BCUT2D eigenvalue weighted by Crippen LogP contribution is -2.33. The molecule has 1 saturated heterocycles. The second kappa shape index (κ2) is 4.88. The quantitative estimate of drug-likeness (QED) is 0.872. The van der Waals surface area contributed by atoms with E-state index in [0.717, 1.165) is 18.7 Å². The Morgan fingerprint density at radius 2 is 2.33 bits per heavy atom. The topological polar surface area (TPSA) is 60.2 Å². The van der Waals surface area contributed by atoms with E-state index in [1.807, 2.05) is 31.2 Å². The number of aromatic nitrogens is 2. The summed E-state index contributed by atoms with van der Waals surface area (Å²) in [6.45, 7) is 4.32. The Hall–Kier alpha value is -1.72. The fourth-order valence-electron chi connectivity index (χ4n) is 1.99. The number of nitrogens with one attached hydrogen (secondary N) is 1. The molecular formula is C13H15N3O2. The lowest BCUT2D eigenvalue weighted by Gasteiger charge is -2.20. The second-order valence-electron chi connectivity index (χ2n) is 4.39. The molecule has 0 saturated carbocycles. The van der Waals surface area contributed by atoms with Gasteiger partial charge in [0.05, 0.1) is 6.61 Å². The molecule has 1 aromatic carbocycles. The summed E-state index contributed by atoms with van der Waals surface area (Å²) >= 11 is 0. The molecule has 1 fully saturated rings. The van der Waals surface area contributed by atoms with Crippen LogP contribution in [0.15, 0.2) is 28.8 Å². The molecule has 1 N–H and O–H groups in total. The highest BCUT2D eigenvalue weighted by molar-refractivity contribution is 5.53. The van der Waals surface area contributed by atoms with Gasteiger partial charge in [0.1, 0.15) is 6.10 Å². The van der Waals surface area contributed by atoms with Crippen molar-refractivity contribution in [3.05, 3.63) is 35.7 Å². The number of benzene rings is 1. The van der Waals surface area contributed by atoms with Crippen LogP contribution in [0.1, 0.15) is 17.5 Å². The number of hydrogen-bond acceptors (Lipinski definition) is 5. The third-order valence-electron chi connectivity index (χ3n) is 2.92. The van der Waals surface area contributed by atoms with Gasteiger partial charge in [-0.25, -0.2) is 0 Å². The highest BCUT2D eigenvalue weighted by Crippen LogP contribution is 2.22. The maximum absolute atomic E-state index is 5.59. The van der Waals surface area contributed by atoms with Gasteiger partial charge in [-0.05, 0) is 19.1 Å². The third-order valence-corrected chi connectivity index (χ3v) is 2.92. The summed E-state index contributed by atoms with van der Waals surface area (Å²) in [5.41, 5.74) is 2.11. The maximum atomic E-state index is 5.59. The highest BCUT2D eigenvalue weighted by Gasteiger charge is 2.21. The molecule has 5 heteroatoms. The smallest absolute Gasteiger partial charge is 0.258 e. The van der Waals surface area contributed by atoms with Gasteiger partial charge in [-0.2, -0.15) is 4.98 Å². The van der Waals surface area contributed by atoms with Crippen molar-refractivity contribution in [2.45, 2.75) is 13.0 Å². The van der Waals surface area contributed by atoms with E-state index in [9.17, 15) is 0 Å². The second-order valence-corrected chi connectivity index (χ2v) is 4.39. The Morgan fingerprint density at radius 1 is 1.39 bits per heavy atom. The van der Waals surface area contributed by atoms with Gasteiger partial charge in [-0.1, -0.05) is 22.9 Å². The Morgan fingerprint density at radius 3 is 3.11 bits per heavy atom. The minimum absolute atomic E-state index is 0.110. The molecule has 0 aliphatic carbocycles. The monoisotopic (exact) mass is 245 g/mol. The van der Waals surface area contributed by atoms with Crippen molar-refractivity contribution in [3.8, 4) is 11.5 Å². The Balaban J connectivity index is 1.84. The van der Waals surface area contributed by atoms with Crippen LogP contribution in [0.4, 0.5) is 0 Å². The summed E-state index contributed by atoms with van der Waals surface area (Å²) in [6.07, 6.45) is -0.110. The van der Waals surface area contributed by atoms with E-state index in [1.54, 1.807) is 0 Å². The van der Waals surface area contributed by atoms with Crippen LogP contribution in [-0.4, -0.2) is 29.8 Å². The van der Waals surface area contributed by atoms with Gasteiger partial charge in [-0.3, -0.25) is 0 Å². The summed E-state index contributed by atoms with van der Waals surface area (Å²) < 4.78 is 10.9. The molecule has 2 heterocycles. The standard InChI is InChI=1S/C13H15N3O2/c1-9-3-2-4-10(7-9)13-15-12(16-18-13)11-8-14-5-6-17-11/h2-4,7,11,14H,5-6,8H2,1H3. The lowest BCUT2D eigenvalue weighted by molar-refractivity contribution is 0.0208. The average molecular weight is 245 g/mol. The van der Waals surface area contributed by atoms with Crippen LogP contribution in [0.5, 0.6) is 0 Å². The van der Waals surface area contributed by atoms with Crippen LogP contribution in [-0.2, 0) is 4.74 Å². The molecule has 0 radical (unpaired) electrons. The minimum atomic E-state index is -0.110. The van der Waals surface area contributed by atoms with Crippen molar-refractivity contribution >= 4 is 0 Å². The summed E-state index contributed by atoms with van der Waals surface area (Å²) in [6, 6.07) is 8.00. The lowest BCUT2D eigenvalue weighted by atomic mass is 10.1. The van der Waals surface area contributed by atoms with Crippen LogP contribution in [0.25, 0.3) is 11.5 Å². The van der Waals surface area contributed by atoms with E-state index in [0.29, 0.717) is 18.3 Å². The molecular weight excluding hydrogens is 230 g/mol. The first-order chi connectivity index (χ1) is 8.83. The largest absolute Gasteiger partial charge is 0.367 e. The van der Waals surface area contributed by atoms with Crippen LogP contribution >= 0.6 is 0 Å². The minimum Gasteiger partial charge on any atom is -0.367 e. The molecule has 0 amide bonds. The van der Waals surface area contributed by atoms with E-state index in [1.165, 1.54) is 5.56 Å². The van der Waals surface area contributed by atoms with Crippen LogP contribution in [0.3, 0.4) is 0 Å². The normalized spacial score (nSPS) is 19.9. The van der Waals surface area contributed by atoms with Crippen molar-refractivity contribution in [1.82, 2.24) is 15.5 Å². The molecule has 1 aliphatic heterocycles. The number of morpholine rings is 1. The summed E-state index contributed by atoms with van der Waals surface area (Å²) in [4.78, 5) is 4.40. The Labute approximate surface area is 105 Å². The van der Waals surface area contributed by atoms with Gasteiger partial charge >= 0.3 is 0 Å². The van der Waals surface area contributed by atoms with Crippen molar-refractivity contribution in [2.24, 2.45) is 0 Å². The van der Waals surface area contributed by atoms with Gasteiger partial charge in [0.15, 0.2) is 0 Å². The maximum Gasteiger partial charge on any atom is 0.258 e. The highest BCUT2D eigenvalue weighted by atomic mass is 16.5. The Kier molecular flexibility index (Phi) is 3.08. The van der Waals surface area contributed by atoms with Crippen molar-refractivity contribution < 1.29 is 9.26 Å². The first-order valence-corrected chi connectivity index (χ1v) is 6.06. The van der Waals surface area contributed by atoms with Gasteiger partial charge in [0, 0.05) is 18.7 Å². The first-order valence-electron chi connectivity index (χ1n) is 6.06. The SMILES string of the molecule is Cc1cccc(-c2nc(C3CNCCO3)no2)c1. The molecule has 1 aliphatic rings. The van der Waals surface area contributed by atoms with E-state index in [-0.39, 0.29) is 6.10 Å². The molecule has 3 rings (SSSR count). The zero-order valence-electron chi connectivity index (χ0n) is 10.2. The molecule has 1 atom stereocenters. The van der Waals surface area contributed by atoms with Gasteiger partial charge < -0.3 is 14.6 Å². The number of hydrogen-bond donors (Lipinski definition) is 1. The number of nitrogens with zero attached hydrogens (tertiary/aromatic N) is 2. The molecule has 2 aromatic rings. The van der Waals surface area contributed by atoms with Crippen LogP contribution < -0.4 is 5.32 Å². The summed E-state index contributed by atoms with van der Waals surface area (Å²) in [5, 5.41) is 7.24. The third kappa shape index (κ3) is 2.27. The van der Waals surface area contributed by atoms with E-state index >= 15 is 0 Å². The number of aryl methyl sites for hydroxylation is 1. The predicted molar refractivity (Wildman–Crippen MR) is 66.0 cm³/mol. The Bertz CT molecular complexity index is 533. The molecule has 18 heavy (non-hydrogen) atoms. The summed E-state index contributed by atoms with van der Waals surface area (Å²) in [5.74, 6) is 1.15. The molecule has 5 nitrogen and oxygen atoms in total. The molecule has 0 spiro atoms. The average Bonchev–Trinajstić information content (AvgIpc) is 2.89. The fourth-order valence-corrected chi connectivity index (χ4v) is 1.99. The predicted octanol–water partition coefficient (Wildman–Crippen LogP) is 1.71. The molecule has 1 unspecified atom stereocenters. The zero-order chi connectivity index (χ0) is 12.4. The molecule has 94 valence electrons. The van der Waals surface area contributed by atoms with E-state index < -0.39 is 0 Å². The van der Waals surface area contributed by atoms with Crippen molar-refractivity contribution in [1.29, 1.82) is 0 Å². The number of ether oxygens (including phenoxy) is 1. The fraction of sp³-hybridized carbons (Fsp3) is 0.385. The molecule has 0 bridgehead atoms. The van der Waals surface area contributed by atoms with Crippen LogP contribution in [0, 0.1) is 6.92 Å². The van der Waals surface area contributed by atoms with Crippen LogP contribution in [0.2, 0.25) is 0 Å². The van der Waals surface area contributed by atoms with Gasteiger partial charge in [0.25, 0.3) is 5.89 Å². The van der Waals surface area contributed by atoms with E-state index in [2.05, 4.69) is 15.5 Å². The summed E-state index contributed by atoms with van der Waals surface area (Å²) in [7, 11) is 0. The number of rotatable bonds is 2. The van der Waals surface area contributed by atoms with Crippen molar-refractivity contribution in [2.75, 3.05) is 19.7 Å². The van der Waals surface area contributed by atoms with Crippen molar-refractivity contribution in [3.63, 3.8) is 0 Å². The molecule has 1 aromatic heterocycles. The van der Waals surface area contributed by atoms with E-state index in [4.69, 9.17) is 9.26 Å².